The van der Waals surface area contributed by atoms with Gasteiger partial charge in [-0.15, -0.1) is 11.3 Å². The maximum atomic E-state index is 12.2. The smallest absolute Gasteiger partial charge is 0.240 e. The molecule has 1 N–H and O–H groups in total. The fourth-order valence-electron chi connectivity index (χ4n) is 2.86. The van der Waals surface area contributed by atoms with Crippen LogP contribution in [0.1, 0.15) is 13.8 Å². The van der Waals surface area contributed by atoms with E-state index in [4.69, 9.17) is 16.3 Å². The fraction of sp³-hybridized carbons (Fsp3) is 0.412. The Kier molecular flexibility index (Phi) is 5.50. The average molecular weight is 366 g/mol. The van der Waals surface area contributed by atoms with Gasteiger partial charge in [-0.05, 0) is 26.0 Å². The molecular formula is C17H20ClN3O2S. The van der Waals surface area contributed by atoms with Crippen LogP contribution in [-0.2, 0) is 9.53 Å². The molecule has 3 rings (SSSR count). The molecular weight excluding hydrogens is 346 g/mol. The predicted octanol–water partition coefficient (Wildman–Crippen LogP) is 3.51. The number of carbonyl (C=O) groups is 1. The van der Waals surface area contributed by atoms with Gasteiger partial charge in [0.05, 0.1) is 24.4 Å². The van der Waals surface area contributed by atoms with Gasteiger partial charge in [-0.1, -0.05) is 23.7 Å². The molecule has 2 aromatic rings. The minimum absolute atomic E-state index is 0.0479. The molecule has 1 aliphatic rings. The number of nitrogens with one attached hydrogen (secondary N) is 1. The van der Waals surface area contributed by atoms with E-state index < -0.39 is 0 Å². The number of carbonyl (C=O) groups excluding carboxylic acids is 1. The Morgan fingerprint density at radius 2 is 2.00 bits per heavy atom. The van der Waals surface area contributed by atoms with Gasteiger partial charge in [0.2, 0.25) is 5.91 Å². The number of hydrogen-bond acceptors (Lipinski definition) is 5. The Morgan fingerprint density at radius 3 is 2.67 bits per heavy atom. The van der Waals surface area contributed by atoms with Gasteiger partial charge < -0.3 is 10.1 Å². The summed E-state index contributed by atoms with van der Waals surface area (Å²) in [7, 11) is 0. The monoisotopic (exact) mass is 365 g/mol. The lowest BCUT2D eigenvalue weighted by Crippen LogP contribution is -2.48. The summed E-state index contributed by atoms with van der Waals surface area (Å²) < 4.78 is 5.68. The van der Waals surface area contributed by atoms with E-state index in [0.717, 1.165) is 24.3 Å². The maximum Gasteiger partial charge on any atom is 0.240 e. The third-order valence-electron chi connectivity index (χ3n) is 3.75. The molecule has 0 aliphatic carbocycles. The van der Waals surface area contributed by atoms with Crippen LogP contribution in [0.3, 0.4) is 0 Å². The third-order valence-corrected chi connectivity index (χ3v) is 4.76. The average Bonchev–Trinajstić information content (AvgIpc) is 2.95. The number of nitrogens with zero attached hydrogens (tertiary/aromatic N) is 2. The summed E-state index contributed by atoms with van der Waals surface area (Å²) in [6.45, 7) is 5.95. The van der Waals surface area contributed by atoms with E-state index in [9.17, 15) is 4.79 Å². The molecule has 0 bridgehead atoms. The molecule has 1 amide bonds. The first kappa shape index (κ1) is 17.4. The second-order valence-corrected chi connectivity index (χ2v) is 7.34. The zero-order valence-electron chi connectivity index (χ0n) is 13.7. The molecule has 1 saturated heterocycles. The number of morpholine rings is 1. The number of hydrogen-bond donors (Lipinski definition) is 1. The number of anilines is 1. The number of halogens is 1. The molecule has 128 valence electrons. The van der Waals surface area contributed by atoms with Crippen LogP contribution in [-0.4, -0.2) is 47.6 Å². The van der Waals surface area contributed by atoms with Gasteiger partial charge in [-0.2, -0.15) is 0 Å². The highest BCUT2D eigenvalue weighted by Crippen LogP contribution is 2.26. The molecule has 2 heterocycles. The van der Waals surface area contributed by atoms with Crippen LogP contribution < -0.4 is 5.32 Å². The summed E-state index contributed by atoms with van der Waals surface area (Å²) in [4.78, 5) is 18.8. The minimum atomic E-state index is -0.0479. The van der Waals surface area contributed by atoms with Crippen LogP contribution in [0.15, 0.2) is 29.6 Å². The first-order chi connectivity index (χ1) is 11.5. The topological polar surface area (TPSA) is 54.5 Å². The first-order valence-electron chi connectivity index (χ1n) is 7.89. The Morgan fingerprint density at radius 1 is 1.33 bits per heavy atom. The maximum absolute atomic E-state index is 12.2. The summed E-state index contributed by atoms with van der Waals surface area (Å²) in [5.41, 5.74) is 1.81. The van der Waals surface area contributed by atoms with Crippen molar-refractivity contribution in [2.24, 2.45) is 0 Å². The Balaban J connectivity index is 1.58. The lowest BCUT2D eigenvalue weighted by molar-refractivity contribution is -0.121. The minimum Gasteiger partial charge on any atom is -0.373 e. The van der Waals surface area contributed by atoms with Gasteiger partial charge in [0, 0.05) is 29.1 Å². The lowest BCUT2D eigenvalue weighted by Gasteiger charge is -2.34. The molecule has 1 aromatic heterocycles. The lowest BCUT2D eigenvalue weighted by atomic mass is 10.2. The van der Waals surface area contributed by atoms with Crippen molar-refractivity contribution in [2.45, 2.75) is 26.1 Å². The summed E-state index contributed by atoms with van der Waals surface area (Å²) in [6.07, 6.45) is 0.302. The molecule has 0 radical (unpaired) electrons. The van der Waals surface area contributed by atoms with Crippen LogP contribution in [0.25, 0.3) is 11.3 Å². The highest BCUT2D eigenvalue weighted by atomic mass is 35.5. The Labute approximate surface area is 150 Å². The standard InChI is InChI=1S/C17H20ClN3O2S/c1-11-7-21(8-12(2)23-11)9-16(22)20-17-19-15(10-24-17)13-3-5-14(18)6-4-13/h3-6,10-12H,7-9H2,1-2H3,(H,19,20,22)/t11-,12-/m0/s1. The second kappa shape index (κ2) is 7.61. The number of amides is 1. The molecule has 1 aromatic carbocycles. The largest absolute Gasteiger partial charge is 0.373 e. The highest BCUT2D eigenvalue weighted by molar-refractivity contribution is 7.14. The van der Waals surface area contributed by atoms with Crippen molar-refractivity contribution in [1.29, 1.82) is 0 Å². The van der Waals surface area contributed by atoms with Crippen molar-refractivity contribution in [3.8, 4) is 11.3 Å². The van der Waals surface area contributed by atoms with Crippen molar-refractivity contribution in [3.05, 3.63) is 34.7 Å². The number of thiazole rings is 1. The number of ether oxygens (including phenoxy) is 1. The van der Waals surface area contributed by atoms with Crippen molar-refractivity contribution >= 4 is 34.0 Å². The molecule has 7 heteroatoms. The summed E-state index contributed by atoms with van der Waals surface area (Å²) in [5, 5.41) is 6.11. The second-order valence-electron chi connectivity index (χ2n) is 6.04. The SMILES string of the molecule is C[C@H]1CN(CC(=O)Nc2nc(-c3ccc(Cl)cc3)cs2)C[C@H](C)O1. The van der Waals surface area contributed by atoms with Crippen molar-refractivity contribution < 1.29 is 9.53 Å². The first-order valence-corrected chi connectivity index (χ1v) is 9.14. The van der Waals surface area contributed by atoms with Gasteiger partial charge >= 0.3 is 0 Å². The van der Waals surface area contributed by atoms with E-state index >= 15 is 0 Å². The fourth-order valence-corrected chi connectivity index (χ4v) is 3.72. The molecule has 2 atom stereocenters. The van der Waals surface area contributed by atoms with Gasteiger partial charge in [-0.3, -0.25) is 9.69 Å². The van der Waals surface area contributed by atoms with Crippen LogP contribution in [0.4, 0.5) is 5.13 Å². The number of rotatable bonds is 4. The Hall–Kier alpha value is -1.47. The van der Waals surface area contributed by atoms with Gasteiger partial charge in [-0.25, -0.2) is 4.98 Å². The molecule has 1 aliphatic heterocycles. The molecule has 1 fully saturated rings. The van der Waals surface area contributed by atoms with Gasteiger partial charge in [0.25, 0.3) is 0 Å². The van der Waals surface area contributed by atoms with Crippen LogP contribution in [0.5, 0.6) is 0 Å². The summed E-state index contributed by atoms with van der Waals surface area (Å²) in [6, 6.07) is 7.49. The highest BCUT2D eigenvalue weighted by Gasteiger charge is 2.23. The number of aromatic nitrogens is 1. The zero-order chi connectivity index (χ0) is 17.1. The quantitative estimate of drug-likeness (QED) is 0.900. The summed E-state index contributed by atoms with van der Waals surface area (Å²) in [5.74, 6) is -0.0479. The Bertz CT molecular complexity index is 694. The van der Waals surface area contributed by atoms with Crippen LogP contribution in [0, 0.1) is 0 Å². The molecule has 5 nitrogen and oxygen atoms in total. The van der Waals surface area contributed by atoms with E-state index in [1.54, 1.807) is 0 Å². The van der Waals surface area contributed by atoms with E-state index in [1.807, 2.05) is 43.5 Å². The molecule has 24 heavy (non-hydrogen) atoms. The zero-order valence-corrected chi connectivity index (χ0v) is 15.2. The van der Waals surface area contributed by atoms with Crippen LogP contribution in [0.2, 0.25) is 5.02 Å². The third kappa shape index (κ3) is 4.54. The van der Waals surface area contributed by atoms with E-state index in [1.165, 1.54) is 11.3 Å². The van der Waals surface area contributed by atoms with Gasteiger partial charge in [0.1, 0.15) is 0 Å². The van der Waals surface area contributed by atoms with E-state index in [0.29, 0.717) is 16.7 Å². The molecule has 0 unspecified atom stereocenters. The molecule has 0 saturated carbocycles. The van der Waals surface area contributed by atoms with Crippen molar-refractivity contribution in [3.63, 3.8) is 0 Å². The van der Waals surface area contributed by atoms with Crippen molar-refractivity contribution in [1.82, 2.24) is 9.88 Å². The van der Waals surface area contributed by atoms with Crippen molar-refractivity contribution in [2.75, 3.05) is 25.0 Å². The van der Waals surface area contributed by atoms with E-state index in [2.05, 4.69) is 15.2 Å². The van der Waals surface area contributed by atoms with Gasteiger partial charge in [0.15, 0.2) is 5.13 Å². The predicted molar refractivity (Wildman–Crippen MR) is 97.6 cm³/mol. The summed E-state index contributed by atoms with van der Waals surface area (Å²) >= 11 is 7.32. The number of benzene rings is 1. The molecule has 0 spiro atoms. The normalized spacial score (nSPS) is 21.6. The van der Waals surface area contributed by atoms with Crippen LogP contribution >= 0.6 is 22.9 Å². The van der Waals surface area contributed by atoms with E-state index in [-0.39, 0.29) is 18.1 Å².